The Morgan fingerprint density at radius 3 is 2.67 bits per heavy atom. The Balaban J connectivity index is 1.62. The summed E-state index contributed by atoms with van der Waals surface area (Å²) in [5, 5.41) is 2.81. The maximum absolute atomic E-state index is 12.9. The second-order valence-electron chi connectivity index (χ2n) is 8.43. The van der Waals surface area contributed by atoms with Crippen LogP contribution in [0, 0.1) is 11.3 Å². The fourth-order valence-electron chi connectivity index (χ4n) is 4.55. The number of rotatable bonds is 5. The summed E-state index contributed by atoms with van der Waals surface area (Å²) in [5.41, 5.74) is -0.715. The van der Waals surface area contributed by atoms with Gasteiger partial charge in [-0.3, -0.25) is 19.3 Å². The zero-order valence-electron chi connectivity index (χ0n) is 15.8. The third-order valence-corrected chi connectivity index (χ3v) is 5.17. The predicted molar refractivity (Wildman–Crippen MR) is 95.9 cm³/mol. The third-order valence-electron chi connectivity index (χ3n) is 5.17. The van der Waals surface area contributed by atoms with Gasteiger partial charge >= 0.3 is 12.0 Å². The number of carbonyl (C=O) groups excluding carboxylic acids is 4. The first-order valence-corrected chi connectivity index (χ1v) is 9.08. The van der Waals surface area contributed by atoms with Crippen molar-refractivity contribution < 1.29 is 23.9 Å². The highest BCUT2D eigenvalue weighted by Crippen LogP contribution is 2.46. The molecule has 1 aromatic rings. The van der Waals surface area contributed by atoms with Crippen molar-refractivity contribution in [2.75, 3.05) is 13.2 Å². The normalized spacial score (nSPS) is 26.9. The molecule has 146 valence electrons. The van der Waals surface area contributed by atoms with Gasteiger partial charge in [-0.2, -0.15) is 0 Å². The summed E-state index contributed by atoms with van der Waals surface area (Å²) in [7, 11) is 0. The molecule has 1 saturated heterocycles. The number of amides is 3. The molecule has 2 fully saturated rings. The van der Waals surface area contributed by atoms with E-state index >= 15 is 0 Å². The van der Waals surface area contributed by atoms with Gasteiger partial charge < -0.3 is 15.0 Å². The molecule has 2 aliphatic rings. The lowest BCUT2D eigenvalue weighted by molar-refractivity contribution is -0.147. The number of nitrogens with one attached hydrogen (secondary N) is 2. The second-order valence-corrected chi connectivity index (χ2v) is 8.43. The zero-order chi connectivity index (χ0) is 19.8. The van der Waals surface area contributed by atoms with Gasteiger partial charge in [0.15, 0.2) is 6.61 Å². The summed E-state index contributed by atoms with van der Waals surface area (Å²) in [6, 6.07) is 2.65. The van der Waals surface area contributed by atoms with Gasteiger partial charge in [-0.15, -0.1) is 0 Å². The van der Waals surface area contributed by atoms with Crippen molar-refractivity contribution >= 4 is 23.7 Å². The smallest absolute Gasteiger partial charge is 0.326 e. The Labute approximate surface area is 157 Å². The Bertz CT molecular complexity index is 770. The molecule has 0 bridgehead atoms. The van der Waals surface area contributed by atoms with Crippen LogP contribution in [0.1, 0.15) is 50.5 Å². The number of imide groups is 1. The molecule has 27 heavy (non-hydrogen) atoms. The maximum Gasteiger partial charge on any atom is 0.326 e. The van der Waals surface area contributed by atoms with Crippen LogP contribution < -0.4 is 5.32 Å². The van der Waals surface area contributed by atoms with E-state index in [4.69, 9.17) is 4.74 Å². The molecule has 2 heterocycles. The summed E-state index contributed by atoms with van der Waals surface area (Å²) < 4.78 is 4.94. The number of carbonyl (C=O) groups is 4. The van der Waals surface area contributed by atoms with Gasteiger partial charge in [0.25, 0.3) is 5.91 Å². The highest BCUT2D eigenvalue weighted by atomic mass is 16.5. The van der Waals surface area contributed by atoms with Crippen molar-refractivity contribution in [3.63, 3.8) is 0 Å². The van der Waals surface area contributed by atoms with E-state index in [9.17, 15) is 19.2 Å². The molecule has 1 aliphatic heterocycles. The molecule has 0 radical (unpaired) electrons. The zero-order valence-corrected chi connectivity index (χ0v) is 15.8. The fourth-order valence-corrected chi connectivity index (χ4v) is 4.55. The maximum atomic E-state index is 12.9. The van der Waals surface area contributed by atoms with Gasteiger partial charge in [0.05, 0.1) is 5.69 Å². The number of nitrogens with zero attached hydrogens (tertiary/aromatic N) is 1. The molecule has 3 amide bonds. The standard InChI is InChI=1S/C19H25N3O5/c1-12-7-18(2,3)11-19(8-12)16(25)22(17(26)21-19)9-15(24)27-10-14(23)13-5-4-6-20-13/h4-6,12,20H,7-11H2,1-3H3,(H,21,26)/t12-,19+/m1/s1. The second kappa shape index (κ2) is 6.83. The number of esters is 1. The van der Waals surface area contributed by atoms with Crippen LogP contribution in [0.3, 0.4) is 0 Å². The largest absolute Gasteiger partial charge is 0.456 e. The van der Waals surface area contributed by atoms with Crippen LogP contribution in [-0.4, -0.2) is 52.3 Å². The molecule has 8 heteroatoms. The Morgan fingerprint density at radius 2 is 2.04 bits per heavy atom. The molecule has 1 saturated carbocycles. The first kappa shape index (κ1) is 19.1. The summed E-state index contributed by atoms with van der Waals surface area (Å²) in [4.78, 5) is 52.9. The van der Waals surface area contributed by atoms with Gasteiger partial charge in [0, 0.05) is 6.20 Å². The molecule has 0 unspecified atom stereocenters. The van der Waals surface area contributed by atoms with E-state index in [1.807, 2.05) is 0 Å². The van der Waals surface area contributed by atoms with Crippen molar-refractivity contribution in [1.29, 1.82) is 0 Å². The topological polar surface area (TPSA) is 109 Å². The lowest BCUT2D eigenvalue weighted by atomic mass is 9.64. The van der Waals surface area contributed by atoms with Crippen LogP contribution in [0.25, 0.3) is 0 Å². The monoisotopic (exact) mass is 375 g/mol. The predicted octanol–water partition coefficient (Wildman–Crippen LogP) is 1.88. The van der Waals surface area contributed by atoms with Crippen molar-refractivity contribution in [2.24, 2.45) is 11.3 Å². The molecule has 2 atom stereocenters. The van der Waals surface area contributed by atoms with E-state index in [0.29, 0.717) is 18.5 Å². The van der Waals surface area contributed by atoms with E-state index in [0.717, 1.165) is 11.3 Å². The summed E-state index contributed by atoms with van der Waals surface area (Å²) in [6.45, 7) is 5.27. The molecule has 8 nitrogen and oxygen atoms in total. The van der Waals surface area contributed by atoms with Crippen LogP contribution in [0.2, 0.25) is 0 Å². The molecule has 1 aromatic heterocycles. The molecular formula is C19H25N3O5. The Morgan fingerprint density at radius 1 is 1.30 bits per heavy atom. The minimum atomic E-state index is -0.960. The quantitative estimate of drug-likeness (QED) is 0.464. The molecule has 2 N–H and O–H groups in total. The lowest BCUT2D eigenvalue weighted by Crippen LogP contribution is -2.54. The number of Topliss-reactive ketones (excluding diaryl/α,β-unsaturated/α-hetero) is 1. The lowest BCUT2D eigenvalue weighted by Gasteiger charge is -2.43. The third kappa shape index (κ3) is 3.89. The van der Waals surface area contributed by atoms with E-state index in [1.165, 1.54) is 0 Å². The Kier molecular flexibility index (Phi) is 4.84. The SMILES string of the molecule is C[C@@H]1CC(C)(C)C[C@]2(C1)NC(=O)N(CC(=O)OCC(=O)c1ccc[nH]1)C2=O. The number of urea groups is 1. The van der Waals surface area contributed by atoms with Gasteiger partial charge in [-0.25, -0.2) is 4.79 Å². The van der Waals surface area contributed by atoms with Gasteiger partial charge in [-0.05, 0) is 42.7 Å². The average Bonchev–Trinajstić information content (AvgIpc) is 3.15. The van der Waals surface area contributed by atoms with Crippen LogP contribution in [0.15, 0.2) is 18.3 Å². The van der Waals surface area contributed by atoms with Gasteiger partial charge in [0.1, 0.15) is 12.1 Å². The van der Waals surface area contributed by atoms with Crippen LogP contribution in [-0.2, 0) is 14.3 Å². The minimum Gasteiger partial charge on any atom is -0.456 e. The van der Waals surface area contributed by atoms with Crippen molar-refractivity contribution in [3.8, 4) is 0 Å². The van der Waals surface area contributed by atoms with Crippen LogP contribution in [0.4, 0.5) is 4.79 Å². The average molecular weight is 375 g/mol. The van der Waals surface area contributed by atoms with E-state index in [-0.39, 0.29) is 23.0 Å². The summed E-state index contributed by atoms with van der Waals surface area (Å²) in [6.07, 6.45) is 3.65. The highest BCUT2D eigenvalue weighted by molar-refractivity contribution is 6.09. The van der Waals surface area contributed by atoms with E-state index in [2.05, 4.69) is 31.1 Å². The van der Waals surface area contributed by atoms with Crippen molar-refractivity contribution in [2.45, 2.75) is 45.6 Å². The number of hydrogen-bond acceptors (Lipinski definition) is 5. The Hall–Kier alpha value is -2.64. The summed E-state index contributed by atoms with van der Waals surface area (Å²) in [5.74, 6) is -1.29. The van der Waals surface area contributed by atoms with Crippen molar-refractivity contribution in [3.05, 3.63) is 24.0 Å². The molecule has 1 aliphatic carbocycles. The fraction of sp³-hybridized carbons (Fsp3) is 0.579. The first-order valence-electron chi connectivity index (χ1n) is 9.08. The molecule has 3 rings (SSSR count). The summed E-state index contributed by atoms with van der Waals surface area (Å²) >= 11 is 0. The first-order chi connectivity index (χ1) is 12.6. The number of ketones is 1. The van der Waals surface area contributed by atoms with E-state index in [1.54, 1.807) is 18.3 Å². The molecule has 0 aromatic carbocycles. The molecular weight excluding hydrogens is 350 g/mol. The highest BCUT2D eigenvalue weighted by Gasteiger charge is 2.56. The van der Waals surface area contributed by atoms with Gasteiger partial charge in [0.2, 0.25) is 5.78 Å². The van der Waals surface area contributed by atoms with Gasteiger partial charge in [-0.1, -0.05) is 20.8 Å². The molecule has 1 spiro atoms. The minimum absolute atomic E-state index is 0.0837. The number of hydrogen-bond donors (Lipinski definition) is 2. The number of ether oxygens (including phenoxy) is 1. The van der Waals surface area contributed by atoms with Crippen LogP contribution >= 0.6 is 0 Å². The number of H-pyrrole nitrogens is 1. The number of aromatic amines is 1. The van der Waals surface area contributed by atoms with Crippen molar-refractivity contribution in [1.82, 2.24) is 15.2 Å². The van der Waals surface area contributed by atoms with Crippen LogP contribution in [0.5, 0.6) is 0 Å². The number of aromatic nitrogens is 1. The van der Waals surface area contributed by atoms with E-state index < -0.39 is 30.7 Å².